The molecule has 0 saturated carbocycles. The molecule has 0 aliphatic rings. The number of anilines is 2. The van der Waals surface area contributed by atoms with Crippen LogP contribution in [0.4, 0.5) is 19.6 Å². The summed E-state index contributed by atoms with van der Waals surface area (Å²) in [4.78, 5) is 3.95. The highest BCUT2D eigenvalue weighted by molar-refractivity contribution is 8.00. The van der Waals surface area contributed by atoms with E-state index in [0.717, 1.165) is 16.0 Å². The van der Waals surface area contributed by atoms with Crippen LogP contribution in [0.1, 0.15) is 19.3 Å². The summed E-state index contributed by atoms with van der Waals surface area (Å²) in [5.41, 5.74) is 0.797. The molecule has 0 fully saturated rings. The van der Waals surface area contributed by atoms with Gasteiger partial charge in [0.15, 0.2) is 4.34 Å². The van der Waals surface area contributed by atoms with E-state index in [-0.39, 0.29) is 0 Å². The van der Waals surface area contributed by atoms with Crippen LogP contribution in [0, 0.1) is 0 Å². The van der Waals surface area contributed by atoms with Gasteiger partial charge in [-0.2, -0.15) is 8.78 Å². The van der Waals surface area contributed by atoms with E-state index in [1.165, 1.54) is 35.5 Å². The summed E-state index contributed by atoms with van der Waals surface area (Å²) in [6.07, 6.45) is 2.62. The third kappa shape index (κ3) is 4.45. The van der Waals surface area contributed by atoms with Gasteiger partial charge in [0, 0.05) is 12.4 Å². The molecule has 0 saturated heterocycles. The lowest BCUT2D eigenvalue weighted by molar-refractivity contribution is 0.0678. The van der Waals surface area contributed by atoms with Crippen molar-refractivity contribution in [1.29, 1.82) is 0 Å². The minimum Gasteiger partial charge on any atom is -0.492 e. The first kappa shape index (κ1) is 17.6. The summed E-state index contributed by atoms with van der Waals surface area (Å²) in [7, 11) is 0. The smallest absolute Gasteiger partial charge is 0.319 e. The molecular weight excluding hydrogens is 368 g/mol. The number of alkyl halides is 2. The second-order valence-corrected chi connectivity index (χ2v) is 6.94. The van der Waals surface area contributed by atoms with Crippen LogP contribution in [-0.2, 0) is 5.75 Å². The van der Waals surface area contributed by atoms with E-state index >= 15 is 0 Å². The molecular formula is C15H15F2N5OS2. The molecule has 0 bridgehead atoms. The van der Waals surface area contributed by atoms with Crippen LogP contribution >= 0.6 is 23.1 Å². The van der Waals surface area contributed by atoms with Crippen molar-refractivity contribution in [1.82, 2.24) is 19.7 Å². The van der Waals surface area contributed by atoms with Gasteiger partial charge in [-0.1, -0.05) is 35.2 Å². The summed E-state index contributed by atoms with van der Waals surface area (Å²) in [5, 5.41) is 11.9. The normalized spacial score (nSPS) is 11.0. The number of benzene rings is 1. The van der Waals surface area contributed by atoms with Gasteiger partial charge in [-0.3, -0.25) is 4.57 Å². The van der Waals surface area contributed by atoms with Crippen LogP contribution in [-0.4, -0.2) is 26.4 Å². The summed E-state index contributed by atoms with van der Waals surface area (Å²) in [5.74, 6) is 1.32. The van der Waals surface area contributed by atoms with E-state index in [1.807, 2.05) is 31.2 Å². The molecule has 2 heterocycles. The van der Waals surface area contributed by atoms with Gasteiger partial charge < -0.3 is 10.1 Å². The molecule has 0 unspecified atom stereocenters. The molecule has 3 aromatic rings. The number of imidazole rings is 1. The molecule has 0 amide bonds. The van der Waals surface area contributed by atoms with Gasteiger partial charge in [0.05, 0.1) is 18.0 Å². The fraction of sp³-hybridized carbons (Fsp3) is 0.267. The molecule has 2 aromatic heterocycles. The van der Waals surface area contributed by atoms with Crippen LogP contribution in [0.3, 0.4) is 0 Å². The van der Waals surface area contributed by atoms with Crippen molar-refractivity contribution in [3.8, 4) is 5.75 Å². The van der Waals surface area contributed by atoms with E-state index in [9.17, 15) is 8.78 Å². The first-order valence-electron chi connectivity index (χ1n) is 7.42. The van der Waals surface area contributed by atoms with Crippen molar-refractivity contribution in [2.75, 3.05) is 11.9 Å². The number of ether oxygens (including phenoxy) is 1. The lowest BCUT2D eigenvalue weighted by atomic mass is 10.3. The zero-order chi connectivity index (χ0) is 17.6. The van der Waals surface area contributed by atoms with E-state index in [2.05, 4.69) is 20.5 Å². The first-order chi connectivity index (χ1) is 12.2. The summed E-state index contributed by atoms with van der Waals surface area (Å²) >= 11 is 2.65. The number of para-hydroxylation sites is 2. The first-order valence-corrected chi connectivity index (χ1v) is 9.22. The van der Waals surface area contributed by atoms with Crippen LogP contribution in [0.25, 0.3) is 0 Å². The molecule has 3 rings (SSSR count). The van der Waals surface area contributed by atoms with Crippen LogP contribution in [0.2, 0.25) is 0 Å². The molecule has 0 radical (unpaired) electrons. The summed E-state index contributed by atoms with van der Waals surface area (Å²) < 4.78 is 32.7. The predicted octanol–water partition coefficient (Wildman–Crippen LogP) is 4.56. The second-order valence-electron chi connectivity index (χ2n) is 4.74. The monoisotopic (exact) mass is 383 g/mol. The fourth-order valence-corrected chi connectivity index (χ4v) is 3.76. The average molecular weight is 383 g/mol. The molecule has 0 spiro atoms. The van der Waals surface area contributed by atoms with Crippen molar-refractivity contribution < 1.29 is 13.5 Å². The van der Waals surface area contributed by atoms with Gasteiger partial charge in [0.1, 0.15) is 11.6 Å². The van der Waals surface area contributed by atoms with Crippen LogP contribution in [0.15, 0.2) is 41.0 Å². The molecule has 6 nitrogen and oxygen atoms in total. The standard InChI is InChI=1S/C15H15F2N5OS2/c1-2-23-11-6-4-3-5-10(11)19-14-20-21-15(25-14)24-9-12-18-7-8-22(12)13(16)17/h3-8,13H,2,9H2,1H3,(H,19,20). The second kappa shape index (κ2) is 8.26. The maximum absolute atomic E-state index is 12.8. The van der Waals surface area contributed by atoms with Crippen LogP contribution < -0.4 is 10.1 Å². The molecule has 10 heteroatoms. The zero-order valence-electron chi connectivity index (χ0n) is 13.2. The Hall–Kier alpha value is -2.20. The van der Waals surface area contributed by atoms with E-state index in [1.54, 1.807) is 0 Å². The molecule has 0 aliphatic carbocycles. The topological polar surface area (TPSA) is 64.9 Å². The number of aromatic nitrogens is 4. The number of hydrogen-bond acceptors (Lipinski definition) is 7. The Balaban J connectivity index is 1.64. The molecule has 25 heavy (non-hydrogen) atoms. The number of hydrogen-bond donors (Lipinski definition) is 1. The third-order valence-corrected chi connectivity index (χ3v) is 5.09. The van der Waals surface area contributed by atoms with Gasteiger partial charge in [-0.25, -0.2) is 4.98 Å². The van der Waals surface area contributed by atoms with E-state index in [4.69, 9.17) is 4.74 Å². The quantitative estimate of drug-likeness (QED) is 0.575. The maximum atomic E-state index is 12.8. The van der Waals surface area contributed by atoms with E-state index < -0.39 is 6.55 Å². The Morgan fingerprint density at radius 2 is 2.16 bits per heavy atom. The van der Waals surface area contributed by atoms with Crippen molar-refractivity contribution in [2.45, 2.75) is 23.6 Å². The average Bonchev–Trinajstić information content (AvgIpc) is 3.24. The largest absolute Gasteiger partial charge is 0.492 e. The summed E-state index contributed by atoms with van der Waals surface area (Å²) in [6.45, 7) is -0.119. The maximum Gasteiger partial charge on any atom is 0.319 e. The van der Waals surface area contributed by atoms with Crippen molar-refractivity contribution in [2.24, 2.45) is 0 Å². The van der Waals surface area contributed by atoms with Gasteiger partial charge in [0.2, 0.25) is 5.13 Å². The minimum atomic E-state index is -2.60. The number of nitrogens with zero attached hydrogens (tertiary/aromatic N) is 4. The Morgan fingerprint density at radius 1 is 1.32 bits per heavy atom. The van der Waals surface area contributed by atoms with E-state index in [0.29, 0.717) is 27.7 Å². The Kier molecular flexibility index (Phi) is 5.82. The van der Waals surface area contributed by atoms with Crippen LogP contribution in [0.5, 0.6) is 5.75 Å². The molecule has 0 aliphatic heterocycles. The highest BCUT2D eigenvalue weighted by atomic mass is 32.2. The van der Waals surface area contributed by atoms with Crippen molar-refractivity contribution in [3.63, 3.8) is 0 Å². The lowest BCUT2D eigenvalue weighted by Gasteiger charge is -2.09. The Morgan fingerprint density at radius 3 is 2.96 bits per heavy atom. The highest BCUT2D eigenvalue weighted by Gasteiger charge is 2.13. The number of nitrogens with one attached hydrogen (secondary N) is 1. The van der Waals surface area contributed by atoms with Crippen molar-refractivity contribution in [3.05, 3.63) is 42.5 Å². The number of rotatable bonds is 8. The molecule has 132 valence electrons. The minimum absolute atomic E-state index is 0.293. The van der Waals surface area contributed by atoms with Gasteiger partial charge in [-0.15, -0.1) is 10.2 Å². The molecule has 0 atom stereocenters. The summed E-state index contributed by atoms with van der Waals surface area (Å²) in [6, 6.07) is 7.54. The van der Waals surface area contributed by atoms with Gasteiger partial charge in [0.25, 0.3) is 0 Å². The Labute approximate surface area is 151 Å². The predicted molar refractivity (Wildman–Crippen MR) is 93.8 cm³/mol. The zero-order valence-corrected chi connectivity index (χ0v) is 14.9. The fourth-order valence-electron chi connectivity index (χ4n) is 2.04. The SMILES string of the molecule is CCOc1ccccc1Nc1nnc(SCc2nccn2C(F)F)s1. The van der Waals surface area contributed by atoms with Crippen molar-refractivity contribution >= 4 is 33.9 Å². The van der Waals surface area contributed by atoms with Gasteiger partial charge in [-0.05, 0) is 19.1 Å². The molecule has 1 N–H and O–H groups in total. The van der Waals surface area contributed by atoms with Gasteiger partial charge >= 0.3 is 6.55 Å². The number of halogens is 2. The Bertz CT molecular complexity index is 824. The lowest BCUT2D eigenvalue weighted by Crippen LogP contribution is -2.01. The third-order valence-electron chi connectivity index (χ3n) is 3.12. The molecule has 1 aromatic carbocycles. The number of thioether (sulfide) groups is 1. The highest BCUT2D eigenvalue weighted by Crippen LogP contribution is 2.32.